The minimum atomic E-state index is -0.261. The van der Waals surface area contributed by atoms with Crippen molar-refractivity contribution in [2.75, 3.05) is 26.2 Å². The topological polar surface area (TPSA) is 78.6 Å². The first-order valence-corrected chi connectivity index (χ1v) is 6.63. The maximum atomic E-state index is 11.9. The van der Waals surface area contributed by atoms with Crippen LogP contribution in [0.5, 0.6) is 0 Å². The number of amides is 1. The molecule has 2 rings (SSSR count). The molecule has 1 fully saturated rings. The van der Waals surface area contributed by atoms with Gasteiger partial charge in [-0.25, -0.2) is 5.84 Å². The highest BCUT2D eigenvalue weighted by molar-refractivity contribution is 5.83. The molecule has 1 aliphatic rings. The third-order valence-electron chi connectivity index (χ3n) is 3.73. The summed E-state index contributed by atoms with van der Waals surface area (Å²) in [6, 6.07) is 9.66. The van der Waals surface area contributed by atoms with E-state index in [-0.39, 0.29) is 18.4 Å². The van der Waals surface area contributed by atoms with Gasteiger partial charge in [0.05, 0.1) is 5.92 Å². The summed E-state index contributed by atoms with van der Waals surface area (Å²) in [5, 5.41) is 9.16. The number of rotatable bonds is 5. The van der Waals surface area contributed by atoms with E-state index in [0.29, 0.717) is 12.5 Å². The van der Waals surface area contributed by atoms with Gasteiger partial charge in [-0.2, -0.15) is 0 Å². The second-order valence-corrected chi connectivity index (χ2v) is 5.07. The van der Waals surface area contributed by atoms with Crippen molar-refractivity contribution in [3.8, 4) is 0 Å². The Hall–Kier alpha value is -1.43. The molecule has 0 aliphatic carbocycles. The van der Waals surface area contributed by atoms with E-state index in [0.717, 1.165) is 25.1 Å². The molecule has 2 atom stereocenters. The average molecular weight is 263 g/mol. The molecule has 5 heteroatoms. The average Bonchev–Trinajstić information content (AvgIpc) is 2.92. The van der Waals surface area contributed by atoms with E-state index < -0.39 is 0 Å². The molecule has 1 aliphatic heterocycles. The van der Waals surface area contributed by atoms with E-state index in [1.54, 1.807) is 0 Å². The van der Waals surface area contributed by atoms with Crippen molar-refractivity contribution in [1.82, 2.24) is 10.3 Å². The predicted octanol–water partition coefficient (Wildman–Crippen LogP) is 0.0743. The Kier molecular flexibility index (Phi) is 4.90. The second-order valence-electron chi connectivity index (χ2n) is 5.07. The van der Waals surface area contributed by atoms with E-state index in [9.17, 15) is 4.79 Å². The summed E-state index contributed by atoms with van der Waals surface area (Å²) in [5.74, 6) is 5.18. The van der Waals surface area contributed by atoms with E-state index in [2.05, 4.69) is 10.3 Å². The van der Waals surface area contributed by atoms with Gasteiger partial charge < -0.3 is 10.0 Å². The fraction of sp³-hybridized carbons (Fsp3) is 0.500. The molecule has 1 amide bonds. The standard InChI is InChI=1S/C14H21N3O2/c15-16-14(19)13(12-4-2-1-3-5-12)9-17-7-6-11(8-17)10-18/h1-5,11,13,18H,6-10,15H2,(H,16,19). The molecule has 0 aromatic heterocycles. The second kappa shape index (κ2) is 6.65. The number of hydrogen-bond acceptors (Lipinski definition) is 4. The van der Waals surface area contributed by atoms with Crippen LogP contribution in [0.4, 0.5) is 0 Å². The molecular formula is C14H21N3O2. The first-order valence-electron chi connectivity index (χ1n) is 6.63. The summed E-state index contributed by atoms with van der Waals surface area (Å²) >= 11 is 0. The lowest BCUT2D eigenvalue weighted by Gasteiger charge is -2.22. The third kappa shape index (κ3) is 3.53. The van der Waals surface area contributed by atoms with Crippen LogP contribution in [-0.4, -0.2) is 42.2 Å². The van der Waals surface area contributed by atoms with Gasteiger partial charge >= 0.3 is 0 Å². The van der Waals surface area contributed by atoms with Crippen molar-refractivity contribution >= 4 is 5.91 Å². The summed E-state index contributed by atoms with van der Waals surface area (Å²) in [6.45, 7) is 2.63. The van der Waals surface area contributed by atoms with Crippen molar-refractivity contribution < 1.29 is 9.90 Å². The Balaban J connectivity index is 2.05. The summed E-state index contributed by atoms with van der Waals surface area (Å²) in [6.07, 6.45) is 0.988. The number of benzene rings is 1. The Morgan fingerprint density at radius 2 is 2.21 bits per heavy atom. The molecule has 0 radical (unpaired) electrons. The molecular weight excluding hydrogens is 242 g/mol. The monoisotopic (exact) mass is 263 g/mol. The van der Waals surface area contributed by atoms with Gasteiger partial charge in [-0.1, -0.05) is 30.3 Å². The van der Waals surface area contributed by atoms with Crippen LogP contribution < -0.4 is 11.3 Å². The summed E-state index contributed by atoms with van der Waals surface area (Å²) in [7, 11) is 0. The van der Waals surface area contributed by atoms with Gasteiger partial charge in [0.25, 0.3) is 0 Å². The maximum absolute atomic E-state index is 11.9. The Morgan fingerprint density at radius 1 is 1.47 bits per heavy atom. The number of nitrogens with one attached hydrogen (secondary N) is 1. The largest absolute Gasteiger partial charge is 0.396 e. The number of carbonyl (C=O) groups is 1. The highest BCUT2D eigenvalue weighted by atomic mass is 16.3. The first kappa shape index (κ1) is 14.0. The van der Waals surface area contributed by atoms with Gasteiger partial charge in [-0.3, -0.25) is 10.2 Å². The number of carbonyl (C=O) groups excluding carboxylic acids is 1. The molecule has 4 N–H and O–H groups in total. The fourth-order valence-electron chi connectivity index (χ4n) is 2.61. The van der Waals surface area contributed by atoms with Gasteiger partial charge in [0.15, 0.2) is 0 Å². The van der Waals surface area contributed by atoms with Gasteiger partial charge in [0, 0.05) is 19.7 Å². The zero-order valence-electron chi connectivity index (χ0n) is 11.0. The number of nitrogens with zero attached hydrogens (tertiary/aromatic N) is 1. The number of hydrazine groups is 1. The van der Waals surface area contributed by atoms with Crippen LogP contribution in [0.1, 0.15) is 17.9 Å². The molecule has 0 bridgehead atoms. The Morgan fingerprint density at radius 3 is 2.79 bits per heavy atom. The first-order chi connectivity index (χ1) is 9.24. The fourth-order valence-corrected chi connectivity index (χ4v) is 2.61. The quantitative estimate of drug-likeness (QED) is 0.399. The van der Waals surface area contributed by atoms with Gasteiger partial charge in [0.2, 0.25) is 5.91 Å². The molecule has 0 spiro atoms. The summed E-state index contributed by atoms with van der Waals surface area (Å²) in [4.78, 5) is 14.2. The maximum Gasteiger partial charge on any atom is 0.242 e. The van der Waals surface area contributed by atoms with Gasteiger partial charge in [0.1, 0.15) is 0 Å². The summed E-state index contributed by atoms with van der Waals surface area (Å²) < 4.78 is 0. The van der Waals surface area contributed by atoms with E-state index in [4.69, 9.17) is 10.9 Å². The zero-order valence-corrected chi connectivity index (χ0v) is 11.0. The minimum absolute atomic E-state index is 0.168. The molecule has 19 heavy (non-hydrogen) atoms. The van der Waals surface area contributed by atoms with Crippen molar-refractivity contribution in [3.05, 3.63) is 35.9 Å². The normalized spacial score (nSPS) is 21.3. The number of nitrogens with two attached hydrogens (primary N) is 1. The number of hydrogen-bond donors (Lipinski definition) is 3. The summed E-state index contributed by atoms with van der Waals surface area (Å²) in [5.41, 5.74) is 3.22. The number of likely N-dealkylation sites (tertiary alicyclic amines) is 1. The Bertz CT molecular complexity index is 410. The highest BCUT2D eigenvalue weighted by Crippen LogP contribution is 2.22. The van der Waals surface area contributed by atoms with Crippen LogP contribution in [0.2, 0.25) is 0 Å². The SMILES string of the molecule is NNC(=O)C(CN1CCC(CO)C1)c1ccccc1. The molecule has 104 valence electrons. The molecule has 5 nitrogen and oxygen atoms in total. The lowest BCUT2D eigenvalue weighted by molar-refractivity contribution is -0.123. The lowest BCUT2D eigenvalue weighted by Crippen LogP contribution is -2.40. The van der Waals surface area contributed by atoms with Gasteiger partial charge in [-0.05, 0) is 24.4 Å². The van der Waals surface area contributed by atoms with E-state index in [1.165, 1.54) is 0 Å². The minimum Gasteiger partial charge on any atom is -0.396 e. The lowest BCUT2D eigenvalue weighted by atomic mass is 9.98. The number of aliphatic hydroxyl groups is 1. The van der Waals surface area contributed by atoms with Crippen LogP contribution in [0, 0.1) is 5.92 Å². The van der Waals surface area contributed by atoms with E-state index >= 15 is 0 Å². The zero-order chi connectivity index (χ0) is 13.7. The van der Waals surface area contributed by atoms with Crippen molar-refractivity contribution in [2.24, 2.45) is 11.8 Å². The van der Waals surface area contributed by atoms with Crippen LogP contribution in [0.3, 0.4) is 0 Å². The highest BCUT2D eigenvalue weighted by Gasteiger charge is 2.27. The predicted molar refractivity (Wildman–Crippen MR) is 73.1 cm³/mol. The molecule has 1 saturated heterocycles. The van der Waals surface area contributed by atoms with Crippen LogP contribution in [0.25, 0.3) is 0 Å². The van der Waals surface area contributed by atoms with E-state index in [1.807, 2.05) is 30.3 Å². The van der Waals surface area contributed by atoms with Crippen LogP contribution in [-0.2, 0) is 4.79 Å². The van der Waals surface area contributed by atoms with Gasteiger partial charge in [-0.15, -0.1) is 0 Å². The van der Waals surface area contributed by atoms with Crippen molar-refractivity contribution in [1.29, 1.82) is 0 Å². The Labute approximate surface area is 113 Å². The number of aliphatic hydroxyl groups excluding tert-OH is 1. The molecule has 1 aromatic rings. The molecule has 0 saturated carbocycles. The molecule has 1 aromatic carbocycles. The van der Waals surface area contributed by atoms with Crippen LogP contribution >= 0.6 is 0 Å². The smallest absolute Gasteiger partial charge is 0.242 e. The van der Waals surface area contributed by atoms with Crippen LogP contribution in [0.15, 0.2) is 30.3 Å². The van der Waals surface area contributed by atoms with Crippen molar-refractivity contribution in [2.45, 2.75) is 12.3 Å². The third-order valence-corrected chi connectivity index (χ3v) is 3.73. The molecule has 1 heterocycles. The van der Waals surface area contributed by atoms with Crippen molar-refractivity contribution in [3.63, 3.8) is 0 Å². The molecule has 2 unspecified atom stereocenters.